The molecule has 5 heteroatoms. The average Bonchev–Trinajstić information content (AvgIpc) is 2.10. The number of hydrogen-bond donors (Lipinski definition) is 2. The molecule has 0 aliphatic rings. The highest BCUT2D eigenvalue weighted by molar-refractivity contribution is 6.30. The summed E-state index contributed by atoms with van der Waals surface area (Å²) in [6.45, 7) is 4.14. The quantitative estimate of drug-likeness (QED) is 0.634. The predicted molar refractivity (Wildman–Crippen MR) is 51.6 cm³/mol. The van der Waals surface area contributed by atoms with E-state index in [4.69, 9.17) is 11.6 Å². The van der Waals surface area contributed by atoms with Crippen LogP contribution in [-0.2, 0) is 9.59 Å². The third kappa shape index (κ3) is 6.40. The van der Waals surface area contributed by atoms with Crippen molar-refractivity contribution in [3.8, 4) is 0 Å². The Labute approximate surface area is 83.0 Å². The topological polar surface area (TPSA) is 58.2 Å². The number of rotatable bonds is 5. The van der Waals surface area contributed by atoms with Crippen LogP contribution in [0.2, 0.25) is 0 Å². The predicted octanol–water partition coefficient (Wildman–Crippen LogP) is 0.256. The Morgan fingerprint density at radius 2 is 2.00 bits per heavy atom. The van der Waals surface area contributed by atoms with E-state index in [9.17, 15) is 9.59 Å². The maximum Gasteiger partial charge on any atom is 0.239 e. The van der Waals surface area contributed by atoms with Crippen molar-refractivity contribution in [2.24, 2.45) is 0 Å². The van der Waals surface area contributed by atoms with Gasteiger partial charge in [0.25, 0.3) is 0 Å². The smallest absolute Gasteiger partial charge is 0.239 e. The lowest BCUT2D eigenvalue weighted by Crippen LogP contribution is -2.39. The molecule has 0 rings (SSSR count). The van der Waals surface area contributed by atoms with Crippen LogP contribution in [-0.4, -0.2) is 30.3 Å². The summed E-state index contributed by atoms with van der Waals surface area (Å²) >= 11 is 5.47. The van der Waals surface area contributed by atoms with Crippen molar-refractivity contribution in [1.82, 2.24) is 10.6 Å². The molecule has 0 aliphatic carbocycles. The van der Waals surface area contributed by atoms with Gasteiger partial charge in [-0.1, -0.05) is 6.92 Å². The van der Waals surface area contributed by atoms with Crippen molar-refractivity contribution in [2.45, 2.75) is 25.6 Å². The van der Waals surface area contributed by atoms with Crippen LogP contribution in [0.3, 0.4) is 0 Å². The second kappa shape index (κ2) is 6.71. The molecular weight excluding hydrogens is 192 g/mol. The van der Waals surface area contributed by atoms with Gasteiger partial charge in [0.1, 0.15) is 5.38 Å². The number of nitrogens with one attached hydrogen (secondary N) is 2. The van der Waals surface area contributed by atoms with E-state index in [-0.39, 0.29) is 18.4 Å². The molecule has 0 aromatic rings. The molecule has 1 unspecified atom stereocenters. The Hall–Kier alpha value is -0.770. The monoisotopic (exact) mass is 206 g/mol. The Morgan fingerprint density at radius 3 is 2.46 bits per heavy atom. The fraction of sp³-hybridized carbons (Fsp3) is 0.750. The molecule has 0 heterocycles. The molecule has 2 N–H and O–H groups in total. The zero-order chi connectivity index (χ0) is 10.3. The number of alkyl halides is 1. The van der Waals surface area contributed by atoms with E-state index in [1.165, 1.54) is 0 Å². The van der Waals surface area contributed by atoms with Crippen LogP contribution in [0.4, 0.5) is 0 Å². The van der Waals surface area contributed by atoms with Gasteiger partial charge in [-0.2, -0.15) is 0 Å². The van der Waals surface area contributed by atoms with Gasteiger partial charge >= 0.3 is 0 Å². The molecule has 0 saturated carbocycles. The van der Waals surface area contributed by atoms with Gasteiger partial charge < -0.3 is 10.6 Å². The van der Waals surface area contributed by atoms with E-state index in [1.54, 1.807) is 6.92 Å². The third-order valence-corrected chi connectivity index (χ3v) is 1.55. The Kier molecular flexibility index (Phi) is 6.32. The van der Waals surface area contributed by atoms with Gasteiger partial charge in [-0.3, -0.25) is 9.59 Å². The molecule has 0 spiro atoms. The molecular formula is C8H15ClN2O2. The molecule has 0 aromatic heterocycles. The average molecular weight is 207 g/mol. The standard InChI is InChI=1S/C8H15ClN2O2/c1-3-4-10-7(12)5-11-8(13)6(2)9/h6H,3-5H2,1-2H3,(H,10,12)(H,11,13). The fourth-order valence-electron chi connectivity index (χ4n) is 0.635. The summed E-state index contributed by atoms with van der Waals surface area (Å²) in [4.78, 5) is 21.9. The molecule has 2 amide bonds. The summed E-state index contributed by atoms with van der Waals surface area (Å²) in [5, 5.41) is 4.44. The van der Waals surface area contributed by atoms with Crippen LogP contribution in [0.5, 0.6) is 0 Å². The number of halogens is 1. The summed E-state index contributed by atoms with van der Waals surface area (Å²) < 4.78 is 0. The van der Waals surface area contributed by atoms with Gasteiger partial charge in [0.15, 0.2) is 0 Å². The molecule has 1 atom stereocenters. The van der Waals surface area contributed by atoms with E-state index in [1.807, 2.05) is 6.92 Å². The van der Waals surface area contributed by atoms with Gasteiger partial charge in [0, 0.05) is 6.54 Å². The van der Waals surface area contributed by atoms with Crippen LogP contribution in [0.1, 0.15) is 20.3 Å². The fourth-order valence-corrected chi connectivity index (χ4v) is 0.712. The molecule has 76 valence electrons. The molecule has 0 saturated heterocycles. The van der Waals surface area contributed by atoms with E-state index < -0.39 is 5.38 Å². The lowest BCUT2D eigenvalue weighted by atomic mass is 10.4. The summed E-state index contributed by atoms with van der Waals surface area (Å²) in [5.74, 6) is -0.513. The lowest BCUT2D eigenvalue weighted by Gasteiger charge is -2.06. The van der Waals surface area contributed by atoms with E-state index >= 15 is 0 Å². The van der Waals surface area contributed by atoms with Crippen molar-refractivity contribution in [3.63, 3.8) is 0 Å². The minimum atomic E-state index is -0.598. The highest BCUT2D eigenvalue weighted by Gasteiger charge is 2.09. The first kappa shape index (κ1) is 12.2. The molecule has 0 aliphatic heterocycles. The van der Waals surface area contributed by atoms with Gasteiger partial charge in [-0.05, 0) is 13.3 Å². The number of hydrogen-bond acceptors (Lipinski definition) is 2. The third-order valence-electron chi connectivity index (χ3n) is 1.36. The molecule has 13 heavy (non-hydrogen) atoms. The zero-order valence-corrected chi connectivity index (χ0v) is 8.65. The number of carbonyl (C=O) groups is 2. The van der Waals surface area contributed by atoms with Gasteiger partial charge in [0.2, 0.25) is 11.8 Å². The maximum absolute atomic E-state index is 11.0. The lowest BCUT2D eigenvalue weighted by molar-refractivity contribution is -0.125. The number of carbonyl (C=O) groups excluding carboxylic acids is 2. The first-order valence-corrected chi connectivity index (χ1v) is 4.70. The summed E-state index contributed by atoms with van der Waals surface area (Å²) in [6, 6.07) is 0. The largest absolute Gasteiger partial charge is 0.355 e. The van der Waals surface area contributed by atoms with Crippen molar-refractivity contribution < 1.29 is 9.59 Å². The summed E-state index contributed by atoms with van der Waals surface area (Å²) in [6.07, 6.45) is 0.881. The zero-order valence-electron chi connectivity index (χ0n) is 7.89. The van der Waals surface area contributed by atoms with E-state index in [2.05, 4.69) is 10.6 Å². The minimum absolute atomic E-state index is 0.00407. The van der Waals surface area contributed by atoms with E-state index in [0.717, 1.165) is 6.42 Å². The molecule has 0 bridgehead atoms. The SMILES string of the molecule is CCCNC(=O)CNC(=O)C(C)Cl. The Balaban J connectivity index is 3.52. The van der Waals surface area contributed by atoms with E-state index in [0.29, 0.717) is 6.54 Å². The van der Waals surface area contributed by atoms with Crippen molar-refractivity contribution in [3.05, 3.63) is 0 Å². The van der Waals surface area contributed by atoms with Crippen LogP contribution >= 0.6 is 11.6 Å². The molecule has 0 aromatic carbocycles. The first-order chi connectivity index (χ1) is 6.07. The highest BCUT2D eigenvalue weighted by Crippen LogP contribution is 1.91. The Bertz CT molecular complexity index is 183. The second-order valence-electron chi connectivity index (χ2n) is 2.68. The summed E-state index contributed by atoms with van der Waals surface area (Å²) in [7, 11) is 0. The van der Waals surface area contributed by atoms with Gasteiger partial charge in [0.05, 0.1) is 6.54 Å². The molecule has 4 nitrogen and oxygen atoms in total. The molecule has 0 radical (unpaired) electrons. The van der Waals surface area contributed by atoms with Gasteiger partial charge in [-0.25, -0.2) is 0 Å². The van der Waals surface area contributed by atoms with Crippen molar-refractivity contribution in [2.75, 3.05) is 13.1 Å². The first-order valence-electron chi connectivity index (χ1n) is 4.26. The van der Waals surface area contributed by atoms with Crippen LogP contribution in [0, 0.1) is 0 Å². The maximum atomic E-state index is 11.0. The molecule has 0 fully saturated rings. The minimum Gasteiger partial charge on any atom is -0.355 e. The van der Waals surface area contributed by atoms with Gasteiger partial charge in [-0.15, -0.1) is 11.6 Å². The van der Waals surface area contributed by atoms with Crippen LogP contribution in [0.25, 0.3) is 0 Å². The summed E-state index contributed by atoms with van der Waals surface area (Å²) in [5.41, 5.74) is 0. The van der Waals surface area contributed by atoms with Crippen LogP contribution < -0.4 is 10.6 Å². The van der Waals surface area contributed by atoms with Crippen LogP contribution in [0.15, 0.2) is 0 Å². The van der Waals surface area contributed by atoms with Crippen molar-refractivity contribution in [1.29, 1.82) is 0 Å². The second-order valence-corrected chi connectivity index (χ2v) is 3.34. The normalized spacial score (nSPS) is 11.9. The number of amides is 2. The highest BCUT2D eigenvalue weighted by atomic mass is 35.5. The Morgan fingerprint density at radius 1 is 1.38 bits per heavy atom. The van der Waals surface area contributed by atoms with Crippen molar-refractivity contribution >= 4 is 23.4 Å².